The third-order valence-corrected chi connectivity index (χ3v) is 6.87. The first kappa shape index (κ1) is 17.3. The van der Waals surface area contributed by atoms with Gasteiger partial charge >= 0.3 is 0 Å². The van der Waals surface area contributed by atoms with Gasteiger partial charge in [0.2, 0.25) is 0 Å². The molecule has 0 radical (unpaired) electrons. The fraction of sp³-hybridized carbons (Fsp3) is 0.286. The third-order valence-electron chi connectivity index (χ3n) is 5.69. The molecule has 0 unspecified atom stereocenters. The molecular formula is C21H17N3O3S. The van der Waals surface area contributed by atoms with E-state index >= 15 is 0 Å². The zero-order valence-electron chi connectivity index (χ0n) is 14.9. The van der Waals surface area contributed by atoms with E-state index < -0.39 is 4.92 Å². The zero-order valence-corrected chi connectivity index (χ0v) is 15.8. The first-order chi connectivity index (χ1) is 13.7. The second-order valence-electron chi connectivity index (χ2n) is 7.16. The van der Waals surface area contributed by atoms with Crippen LogP contribution in [0.5, 0.6) is 0 Å². The number of anilines is 1. The van der Waals surface area contributed by atoms with Crippen molar-refractivity contribution in [2.75, 3.05) is 11.5 Å². The lowest BCUT2D eigenvalue weighted by Gasteiger charge is -2.46. The van der Waals surface area contributed by atoms with Crippen molar-refractivity contribution in [1.29, 1.82) is 5.26 Å². The molecule has 3 heterocycles. The number of nitro groups is 1. The summed E-state index contributed by atoms with van der Waals surface area (Å²) < 4.78 is 6.22. The van der Waals surface area contributed by atoms with Crippen LogP contribution in [0.3, 0.4) is 0 Å². The average molecular weight is 391 g/mol. The Bertz CT molecular complexity index is 1030. The minimum atomic E-state index is -0.397. The minimum absolute atomic E-state index is 0.0615. The molecule has 7 heteroatoms. The number of para-hydroxylation sites is 1. The molecule has 1 fully saturated rings. The predicted molar refractivity (Wildman–Crippen MR) is 106 cm³/mol. The van der Waals surface area contributed by atoms with Gasteiger partial charge in [0.1, 0.15) is 6.23 Å². The Morgan fingerprint density at radius 3 is 2.75 bits per heavy atom. The molecule has 3 aliphatic rings. The molecule has 3 aliphatic heterocycles. The molecule has 3 atom stereocenters. The largest absolute Gasteiger partial charge is 0.358 e. The second kappa shape index (κ2) is 6.66. The standard InChI is InChI=1S/C21H17N3O3S/c22-12-16-19(13-7-9-14(10-8-13)24(25)26)15-4-3-11-27-20(15)23-17-5-1-2-6-18(17)28-21(16)23/h1-2,5-10,15,19-20H,3-4,11H2/t15-,19-,20-/m0/s1. The van der Waals surface area contributed by atoms with Gasteiger partial charge in [0.25, 0.3) is 5.69 Å². The topological polar surface area (TPSA) is 79.4 Å². The van der Waals surface area contributed by atoms with Gasteiger partial charge in [0.05, 0.1) is 27.3 Å². The number of benzene rings is 2. The number of thioether (sulfide) groups is 1. The van der Waals surface area contributed by atoms with Gasteiger partial charge < -0.3 is 9.64 Å². The number of nitriles is 1. The van der Waals surface area contributed by atoms with Crippen LogP contribution in [0.25, 0.3) is 0 Å². The molecule has 0 aliphatic carbocycles. The van der Waals surface area contributed by atoms with E-state index in [9.17, 15) is 15.4 Å². The highest BCUT2D eigenvalue weighted by Crippen LogP contribution is 2.57. The van der Waals surface area contributed by atoms with Crippen molar-refractivity contribution in [2.24, 2.45) is 5.92 Å². The van der Waals surface area contributed by atoms with E-state index in [-0.39, 0.29) is 23.8 Å². The maximum Gasteiger partial charge on any atom is 0.269 e. The predicted octanol–water partition coefficient (Wildman–Crippen LogP) is 4.79. The summed E-state index contributed by atoms with van der Waals surface area (Å²) in [5.41, 5.74) is 2.81. The molecule has 0 N–H and O–H groups in total. The van der Waals surface area contributed by atoms with Gasteiger partial charge in [0.15, 0.2) is 0 Å². The number of rotatable bonds is 2. The third kappa shape index (κ3) is 2.53. The smallest absolute Gasteiger partial charge is 0.269 e. The number of hydrogen-bond acceptors (Lipinski definition) is 6. The van der Waals surface area contributed by atoms with Crippen LogP contribution in [-0.4, -0.2) is 17.8 Å². The summed E-state index contributed by atoms with van der Waals surface area (Å²) in [6.45, 7) is 0.701. The van der Waals surface area contributed by atoms with Crippen molar-refractivity contribution in [1.82, 2.24) is 0 Å². The number of non-ortho nitro benzene ring substituents is 1. The zero-order chi connectivity index (χ0) is 19.3. The van der Waals surface area contributed by atoms with Crippen molar-refractivity contribution in [3.63, 3.8) is 0 Å². The van der Waals surface area contributed by atoms with Crippen molar-refractivity contribution in [3.8, 4) is 6.07 Å². The summed E-state index contributed by atoms with van der Waals surface area (Å²) in [4.78, 5) is 13.9. The van der Waals surface area contributed by atoms with E-state index in [2.05, 4.69) is 23.1 Å². The monoisotopic (exact) mass is 391 g/mol. The summed E-state index contributed by atoms with van der Waals surface area (Å²) in [5.74, 6) is 0.00419. The first-order valence-corrected chi connectivity index (χ1v) is 10.1. The summed E-state index contributed by atoms with van der Waals surface area (Å²) >= 11 is 1.61. The van der Waals surface area contributed by atoms with Gasteiger partial charge in [-0.1, -0.05) is 36.0 Å². The fourth-order valence-corrected chi connectivity index (χ4v) is 5.72. The van der Waals surface area contributed by atoms with Crippen LogP contribution < -0.4 is 4.90 Å². The highest BCUT2D eigenvalue weighted by molar-refractivity contribution is 8.03. The fourth-order valence-electron chi connectivity index (χ4n) is 4.51. The summed E-state index contributed by atoms with van der Waals surface area (Å²) in [6, 6.07) is 17.2. The maximum absolute atomic E-state index is 11.0. The van der Waals surface area contributed by atoms with Gasteiger partial charge in [-0.25, -0.2) is 0 Å². The van der Waals surface area contributed by atoms with E-state index in [1.54, 1.807) is 23.9 Å². The first-order valence-electron chi connectivity index (χ1n) is 9.25. The highest BCUT2D eigenvalue weighted by atomic mass is 32.2. The van der Waals surface area contributed by atoms with Gasteiger partial charge in [-0.15, -0.1) is 0 Å². The van der Waals surface area contributed by atoms with Gasteiger partial charge in [-0.05, 0) is 30.5 Å². The lowest BCUT2D eigenvalue weighted by Crippen LogP contribution is -2.49. The number of ether oxygens (including phenoxy) is 1. The number of fused-ring (bicyclic) bond motifs is 5. The SMILES string of the molecule is N#CC1=C2Sc3ccccc3N2[C@H]2OCCC[C@H]2[C@@H]1c1ccc([N+](=O)[O-])cc1. The Morgan fingerprint density at radius 1 is 1.21 bits per heavy atom. The summed E-state index contributed by atoms with van der Waals surface area (Å²) in [7, 11) is 0. The number of nitrogens with zero attached hydrogens (tertiary/aromatic N) is 3. The molecule has 5 rings (SSSR count). The Balaban J connectivity index is 1.66. The van der Waals surface area contributed by atoms with Crippen molar-refractivity contribution < 1.29 is 9.66 Å². The Labute approximate surface area is 166 Å². The van der Waals surface area contributed by atoms with E-state index in [1.165, 1.54) is 12.1 Å². The second-order valence-corrected chi connectivity index (χ2v) is 8.19. The Kier molecular flexibility index (Phi) is 4.11. The van der Waals surface area contributed by atoms with Crippen LogP contribution in [0.4, 0.5) is 11.4 Å². The van der Waals surface area contributed by atoms with E-state index in [4.69, 9.17) is 4.74 Å². The van der Waals surface area contributed by atoms with Gasteiger partial charge in [-0.3, -0.25) is 10.1 Å². The molecule has 0 aromatic heterocycles. The number of hydrogen-bond donors (Lipinski definition) is 0. The van der Waals surface area contributed by atoms with E-state index in [1.807, 2.05) is 12.1 Å². The Hall–Kier alpha value is -2.82. The van der Waals surface area contributed by atoms with Gasteiger partial charge in [0, 0.05) is 35.5 Å². The Morgan fingerprint density at radius 2 is 2.00 bits per heavy atom. The quantitative estimate of drug-likeness (QED) is 0.541. The van der Waals surface area contributed by atoms with Crippen LogP contribution in [0, 0.1) is 27.4 Å². The molecule has 2 aromatic carbocycles. The average Bonchev–Trinajstić information content (AvgIpc) is 3.12. The van der Waals surface area contributed by atoms with Crippen molar-refractivity contribution in [2.45, 2.75) is 29.9 Å². The summed E-state index contributed by atoms with van der Waals surface area (Å²) in [6.07, 6.45) is 1.77. The molecule has 1 saturated heterocycles. The van der Waals surface area contributed by atoms with Crippen LogP contribution >= 0.6 is 11.8 Å². The molecule has 0 amide bonds. The lowest BCUT2D eigenvalue weighted by atomic mass is 9.74. The number of nitro benzene ring substituents is 1. The molecular weight excluding hydrogens is 374 g/mol. The number of allylic oxidation sites excluding steroid dienone is 1. The molecule has 0 saturated carbocycles. The lowest BCUT2D eigenvalue weighted by molar-refractivity contribution is -0.384. The van der Waals surface area contributed by atoms with Crippen molar-refractivity contribution in [3.05, 3.63) is 74.8 Å². The highest BCUT2D eigenvalue weighted by Gasteiger charge is 2.48. The van der Waals surface area contributed by atoms with Crippen LogP contribution in [0.1, 0.15) is 24.3 Å². The van der Waals surface area contributed by atoms with Gasteiger partial charge in [-0.2, -0.15) is 5.26 Å². The molecule has 0 spiro atoms. The maximum atomic E-state index is 11.0. The minimum Gasteiger partial charge on any atom is -0.358 e. The van der Waals surface area contributed by atoms with Crippen LogP contribution in [-0.2, 0) is 4.74 Å². The molecule has 6 nitrogen and oxygen atoms in total. The van der Waals surface area contributed by atoms with E-state index in [0.29, 0.717) is 6.61 Å². The molecule has 2 aromatic rings. The normalized spacial score (nSPS) is 25.5. The summed E-state index contributed by atoms with van der Waals surface area (Å²) in [5, 5.41) is 22.0. The van der Waals surface area contributed by atoms with Crippen LogP contribution in [0.2, 0.25) is 0 Å². The molecule has 0 bridgehead atoms. The van der Waals surface area contributed by atoms with Crippen molar-refractivity contribution >= 4 is 23.1 Å². The molecule has 140 valence electrons. The molecule has 28 heavy (non-hydrogen) atoms. The van der Waals surface area contributed by atoms with Crippen LogP contribution in [0.15, 0.2) is 64.0 Å². The van der Waals surface area contributed by atoms with E-state index in [0.717, 1.165) is 39.6 Å².